The van der Waals surface area contributed by atoms with Crippen LogP contribution in [0.1, 0.15) is 21.5 Å². The van der Waals surface area contributed by atoms with Gasteiger partial charge in [-0.1, -0.05) is 34.1 Å². The summed E-state index contributed by atoms with van der Waals surface area (Å²) in [6, 6.07) is 10.8. The van der Waals surface area contributed by atoms with Gasteiger partial charge in [-0.05, 0) is 35.4 Å². The Morgan fingerprint density at radius 3 is 2.57 bits per heavy atom. The summed E-state index contributed by atoms with van der Waals surface area (Å²) >= 11 is 3.44. The third-order valence-electron chi connectivity index (χ3n) is 3.53. The maximum Gasteiger partial charge on any atom is 0.573 e. The number of nitrogens with zero attached hydrogens (tertiary/aromatic N) is 1. The van der Waals surface area contributed by atoms with Gasteiger partial charge in [-0.2, -0.15) is 0 Å². The molecule has 1 aliphatic heterocycles. The molecule has 0 bridgehead atoms. The average molecular weight is 386 g/mol. The summed E-state index contributed by atoms with van der Waals surface area (Å²) in [5.74, 6) is -0.734. The molecule has 2 aromatic rings. The van der Waals surface area contributed by atoms with Crippen LogP contribution >= 0.6 is 15.9 Å². The van der Waals surface area contributed by atoms with Gasteiger partial charge in [0.15, 0.2) is 0 Å². The quantitative estimate of drug-likeness (QED) is 0.761. The van der Waals surface area contributed by atoms with Gasteiger partial charge >= 0.3 is 6.36 Å². The maximum atomic E-state index is 12.5. The van der Waals surface area contributed by atoms with Crippen LogP contribution in [0.2, 0.25) is 0 Å². The second-order valence-corrected chi connectivity index (χ2v) is 5.97. The van der Waals surface area contributed by atoms with Gasteiger partial charge in [0.05, 0.1) is 0 Å². The molecule has 0 N–H and O–H groups in total. The summed E-state index contributed by atoms with van der Waals surface area (Å²) in [4.78, 5) is 14.1. The van der Waals surface area contributed by atoms with Crippen molar-refractivity contribution in [1.29, 1.82) is 0 Å². The van der Waals surface area contributed by atoms with Crippen LogP contribution in [0, 0.1) is 0 Å². The van der Waals surface area contributed by atoms with E-state index in [1.807, 2.05) is 18.2 Å². The lowest BCUT2D eigenvalue weighted by molar-refractivity contribution is -0.274. The Labute approximate surface area is 138 Å². The van der Waals surface area contributed by atoms with E-state index in [-0.39, 0.29) is 11.5 Å². The summed E-state index contributed by atoms with van der Waals surface area (Å²) in [6.07, 6.45) is -4.78. The van der Waals surface area contributed by atoms with Crippen LogP contribution in [0.5, 0.6) is 5.75 Å². The SMILES string of the molecule is O=C(c1cccc(OC(F)(F)F)c1)N1Cc2cccc(Br)c2C1. The molecule has 1 heterocycles. The molecule has 0 saturated carbocycles. The van der Waals surface area contributed by atoms with Crippen LogP contribution < -0.4 is 4.74 Å². The van der Waals surface area contributed by atoms with Crippen LogP contribution in [0.3, 0.4) is 0 Å². The zero-order valence-corrected chi connectivity index (χ0v) is 13.3. The first-order valence-corrected chi connectivity index (χ1v) is 7.54. The minimum atomic E-state index is -4.78. The Bertz CT molecular complexity index is 761. The molecular formula is C16H11BrF3NO2. The monoisotopic (exact) mass is 385 g/mol. The number of hydrogen-bond donors (Lipinski definition) is 0. The molecule has 1 amide bonds. The van der Waals surface area contributed by atoms with Crippen LogP contribution in [-0.4, -0.2) is 17.2 Å². The van der Waals surface area contributed by atoms with Gasteiger partial charge in [-0.3, -0.25) is 4.79 Å². The predicted molar refractivity (Wildman–Crippen MR) is 80.8 cm³/mol. The highest BCUT2D eigenvalue weighted by atomic mass is 79.9. The van der Waals surface area contributed by atoms with Crippen molar-refractivity contribution in [3.05, 3.63) is 63.6 Å². The van der Waals surface area contributed by atoms with Crippen molar-refractivity contribution in [2.45, 2.75) is 19.5 Å². The number of carbonyl (C=O) groups is 1. The molecular weight excluding hydrogens is 375 g/mol. The Morgan fingerprint density at radius 2 is 1.87 bits per heavy atom. The van der Waals surface area contributed by atoms with Crippen molar-refractivity contribution in [3.63, 3.8) is 0 Å². The van der Waals surface area contributed by atoms with E-state index in [2.05, 4.69) is 20.7 Å². The van der Waals surface area contributed by atoms with Gasteiger partial charge in [0.2, 0.25) is 0 Å². The zero-order valence-electron chi connectivity index (χ0n) is 11.7. The van der Waals surface area contributed by atoms with Crippen LogP contribution in [0.15, 0.2) is 46.9 Å². The third-order valence-corrected chi connectivity index (χ3v) is 4.27. The Hall–Kier alpha value is -2.02. The predicted octanol–water partition coefficient (Wildman–Crippen LogP) is 4.50. The number of ether oxygens (including phenoxy) is 1. The molecule has 0 fully saturated rings. The summed E-state index contributed by atoms with van der Waals surface area (Å²) < 4.78 is 41.6. The van der Waals surface area contributed by atoms with Gasteiger partial charge in [0, 0.05) is 23.1 Å². The Balaban J connectivity index is 1.80. The Kier molecular flexibility index (Phi) is 4.06. The number of rotatable bonds is 2. The van der Waals surface area contributed by atoms with Gasteiger partial charge < -0.3 is 9.64 Å². The molecule has 1 aliphatic rings. The van der Waals surface area contributed by atoms with Crippen molar-refractivity contribution in [2.75, 3.05) is 0 Å². The number of benzene rings is 2. The van der Waals surface area contributed by atoms with E-state index in [0.717, 1.165) is 21.7 Å². The van der Waals surface area contributed by atoms with Crippen molar-refractivity contribution >= 4 is 21.8 Å². The largest absolute Gasteiger partial charge is 0.573 e. The van der Waals surface area contributed by atoms with Crippen molar-refractivity contribution in [3.8, 4) is 5.75 Å². The van der Waals surface area contributed by atoms with Crippen molar-refractivity contribution < 1.29 is 22.7 Å². The molecule has 0 aliphatic carbocycles. The van der Waals surface area contributed by atoms with E-state index in [1.165, 1.54) is 18.2 Å². The molecule has 120 valence electrons. The first-order valence-electron chi connectivity index (χ1n) is 6.75. The molecule has 0 saturated heterocycles. The van der Waals surface area contributed by atoms with E-state index in [0.29, 0.717) is 13.1 Å². The first kappa shape index (κ1) is 15.9. The minimum absolute atomic E-state index is 0.163. The second-order valence-electron chi connectivity index (χ2n) is 5.11. The number of alkyl halides is 3. The molecule has 2 aromatic carbocycles. The molecule has 0 radical (unpaired) electrons. The van der Waals surface area contributed by atoms with E-state index in [4.69, 9.17) is 0 Å². The van der Waals surface area contributed by atoms with Gasteiger partial charge in [-0.25, -0.2) is 0 Å². The maximum absolute atomic E-state index is 12.5. The Morgan fingerprint density at radius 1 is 1.13 bits per heavy atom. The summed E-state index contributed by atoms with van der Waals surface area (Å²) in [7, 11) is 0. The fourth-order valence-electron chi connectivity index (χ4n) is 2.53. The van der Waals surface area contributed by atoms with Crippen LogP contribution in [0.4, 0.5) is 13.2 Å². The standard InChI is InChI=1S/C16H11BrF3NO2/c17-14-6-2-4-11-8-21(9-13(11)14)15(22)10-3-1-5-12(7-10)23-16(18,19)20/h1-7H,8-9H2. The van der Waals surface area contributed by atoms with Crippen molar-refractivity contribution in [1.82, 2.24) is 4.90 Å². The second kappa shape index (κ2) is 5.88. The summed E-state index contributed by atoms with van der Waals surface area (Å²) in [6.45, 7) is 0.845. The number of amides is 1. The minimum Gasteiger partial charge on any atom is -0.406 e. The summed E-state index contributed by atoms with van der Waals surface area (Å²) in [5.41, 5.74) is 2.20. The van der Waals surface area contributed by atoms with Gasteiger partial charge in [0.25, 0.3) is 5.91 Å². The molecule has 7 heteroatoms. The van der Waals surface area contributed by atoms with E-state index in [9.17, 15) is 18.0 Å². The molecule has 3 nitrogen and oxygen atoms in total. The lowest BCUT2D eigenvalue weighted by Crippen LogP contribution is -2.25. The molecule has 0 atom stereocenters. The normalized spacial score (nSPS) is 13.8. The first-order chi connectivity index (χ1) is 10.8. The lowest BCUT2D eigenvalue weighted by atomic mass is 10.1. The molecule has 3 rings (SSSR count). The van der Waals surface area contributed by atoms with E-state index in [1.54, 1.807) is 4.90 Å². The number of carbonyl (C=O) groups excluding carboxylic acids is 1. The lowest BCUT2D eigenvalue weighted by Gasteiger charge is -2.16. The number of halogens is 4. The highest BCUT2D eigenvalue weighted by Gasteiger charge is 2.32. The zero-order chi connectivity index (χ0) is 16.6. The smallest absolute Gasteiger partial charge is 0.406 e. The fraction of sp³-hybridized carbons (Fsp3) is 0.188. The molecule has 23 heavy (non-hydrogen) atoms. The molecule has 0 unspecified atom stereocenters. The highest BCUT2D eigenvalue weighted by Crippen LogP contribution is 2.31. The van der Waals surface area contributed by atoms with Crippen LogP contribution in [0.25, 0.3) is 0 Å². The van der Waals surface area contributed by atoms with E-state index >= 15 is 0 Å². The fourth-order valence-corrected chi connectivity index (χ4v) is 3.07. The number of fused-ring (bicyclic) bond motifs is 1. The topological polar surface area (TPSA) is 29.5 Å². The average Bonchev–Trinajstić information content (AvgIpc) is 2.90. The van der Waals surface area contributed by atoms with Crippen molar-refractivity contribution in [2.24, 2.45) is 0 Å². The van der Waals surface area contributed by atoms with E-state index < -0.39 is 12.1 Å². The van der Waals surface area contributed by atoms with Gasteiger partial charge in [0.1, 0.15) is 5.75 Å². The summed E-state index contributed by atoms with van der Waals surface area (Å²) in [5, 5.41) is 0. The number of hydrogen-bond acceptors (Lipinski definition) is 2. The van der Waals surface area contributed by atoms with Gasteiger partial charge in [-0.15, -0.1) is 13.2 Å². The third kappa shape index (κ3) is 3.50. The molecule has 0 aromatic heterocycles. The molecule has 0 spiro atoms. The highest BCUT2D eigenvalue weighted by molar-refractivity contribution is 9.10. The van der Waals surface area contributed by atoms with Crippen LogP contribution in [-0.2, 0) is 13.1 Å².